The van der Waals surface area contributed by atoms with Gasteiger partial charge in [-0.1, -0.05) is 30.7 Å². The van der Waals surface area contributed by atoms with Gasteiger partial charge in [-0.05, 0) is 55.8 Å². The zero-order valence-corrected chi connectivity index (χ0v) is 14.8. The molecule has 4 rings (SSSR count). The number of benzene rings is 2. The minimum absolute atomic E-state index is 0.218. The predicted molar refractivity (Wildman–Crippen MR) is 102 cm³/mol. The Hall–Kier alpha value is -2.53. The van der Waals surface area contributed by atoms with Gasteiger partial charge in [0.05, 0.1) is 12.1 Å². The molecule has 2 heterocycles. The molecule has 1 saturated heterocycles. The normalized spacial score (nSPS) is 15.3. The monoisotopic (exact) mass is 350 g/mol. The Kier molecular flexibility index (Phi) is 5.07. The largest absolute Gasteiger partial charge is 0.365 e. The van der Waals surface area contributed by atoms with E-state index in [1.807, 2.05) is 24.3 Å². The number of hydrogen-bond donors (Lipinski definition) is 1. The lowest BCUT2D eigenvalue weighted by atomic mass is 10.1. The molecule has 0 amide bonds. The molecule has 1 aliphatic rings. The average Bonchev–Trinajstić information content (AvgIpc) is 2.68. The Morgan fingerprint density at radius 2 is 1.69 bits per heavy atom. The number of aromatic nitrogens is 2. The van der Waals surface area contributed by atoms with Crippen molar-refractivity contribution in [3.63, 3.8) is 0 Å². The van der Waals surface area contributed by atoms with Gasteiger partial charge in [0.1, 0.15) is 17.5 Å². The van der Waals surface area contributed by atoms with Gasteiger partial charge >= 0.3 is 0 Å². The number of halogens is 1. The van der Waals surface area contributed by atoms with Gasteiger partial charge in [-0.15, -0.1) is 0 Å². The molecule has 0 atom stereocenters. The van der Waals surface area contributed by atoms with Gasteiger partial charge in [0.25, 0.3) is 0 Å². The second-order valence-electron chi connectivity index (χ2n) is 6.82. The maximum Gasteiger partial charge on any atom is 0.145 e. The van der Waals surface area contributed by atoms with E-state index in [9.17, 15) is 4.39 Å². The van der Waals surface area contributed by atoms with Crippen molar-refractivity contribution in [2.75, 3.05) is 18.4 Å². The number of fused-ring (bicyclic) bond motifs is 1. The van der Waals surface area contributed by atoms with Gasteiger partial charge in [0, 0.05) is 11.9 Å². The third kappa shape index (κ3) is 3.99. The second-order valence-corrected chi connectivity index (χ2v) is 6.82. The molecule has 0 saturated carbocycles. The lowest BCUT2D eigenvalue weighted by molar-refractivity contribution is 0.216. The molecule has 5 heteroatoms. The number of anilines is 1. The number of rotatable bonds is 5. The van der Waals surface area contributed by atoms with Crippen LogP contribution in [0.3, 0.4) is 0 Å². The molecule has 2 aromatic carbocycles. The standard InChI is InChI=1S/C21H23FN4/c22-17-10-8-16(9-11-17)14-23-21-18-6-2-3-7-19(18)24-20(25-21)15-26-12-4-1-5-13-26/h2-3,6-11H,1,4-5,12-15H2,(H,23,24,25). The van der Waals surface area contributed by atoms with Crippen LogP contribution in [0.15, 0.2) is 48.5 Å². The number of nitrogens with one attached hydrogen (secondary N) is 1. The van der Waals surface area contributed by atoms with Crippen molar-refractivity contribution in [2.45, 2.75) is 32.4 Å². The Morgan fingerprint density at radius 1 is 0.923 bits per heavy atom. The molecule has 1 aliphatic heterocycles. The van der Waals surface area contributed by atoms with Crippen LogP contribution in [-0.2, 0) is 13.1 Å². The van der Waals surface area contributed by atoms with Gasteiger partial charge in [-0.25, -0.2) is 14.4 Å². The fraction of sp³-hybridized carbons (Fsp3) is 0.333. The summed E-state index contributed by atoms with van der Waals surface area (Å²) in [5.41, 5.74) is 1.97. The Morgan fingerprint density at radius 3 is 2.50 bits per heavy atom. The summed E-state index contributed by atoms with van der Waals surface area (Å²) in [4.78, 5) is 12.0. The zero-order chi connectivity index (χ0) is 17.8. The quantitative estimate of drug-likeness (QED) is 0.742. The van der Waals surface area contributed by atoms with E-state index in [2.05, 4.69) is 10.2 Å². The molecule has 1 aromatic heterocycles. The highest BCUT2D eigenvalue weighted by Crippen LogP contribution is 2.22. The summed E-state index contributed by atoms with van der Waals surface area (Å²) in [5.74, 6) is 1.48. The predicted octanol–water partition coefficient (Wildman–Crippen LogP) is 4.37. The van der Waals surface area contributed by atoms with Gasteiger partial charge in [-0.2, -0.15) is 0 Å². The first-order chi connectivity index (χ1) is 12.8. The van der Waals surface area contributed by atoms with E-state index < -0.39 is 0 Å². The Bertz CT molecular complexity index is 873. The molecule has 0 spiro atoms. The van der Waals surface area contributed by atoms with Crippen LogP contribution >= 0.6 is 0 Å². The molecule has 1 N–H and O–H groups in total. The SMILES string of the molecule is Fc1ccc(CNc2nc(CN3CCCCC3)nc3ccccc23)cc1. The van der Waals surface area contributed by atoms with Crippen molar-refractivity contribution in [1.29, 1.82) is 0 Å². The minimum Gasteiger partial charge on any atom is -0.365 e. The van der Waals surface area contributed by atoms with Crippen LogP contribution in [0.2, 0.25) is 0 Å². The molecular formula is C21H23FN4. The highest BCUT2D eigenvalue weighted by molar-refractivity contribution is 5.88. The third-order valence-electron chi connectivity index (χ3n) is 4.84. The number of nitrogens with zero attached hydrogens (tertiary/aromatic N) is 3. The summed E-state index contributed by atoms with van der Waals surface area (Å²) in [6.45, 7) is 3.63. The summed E-state index contributed by atoms with van der Waals surface area (Å²) < 4.78 is 13.1. The van der Waals surface area contributed by atoms with Crippen molar-refractivity contribution in [3.05, 3.63) is 65.7 Å². The van der Waals surface area contributed by atoms with E-state index in [-0.39, 0.29) is 5.82 Å². The van der Waals surface area contributed by atoms with Gasteiger partial charge in [-0.3, -0.25) is 4.90 Å². The zero-order valence-electron chi connectivity index (χ0n) is 14.8. The number of hydrogen-bond acceptors (Lipinski definition) is 4. The number of likely N-dealkylation sites (tertiary alicyclic amines) is 1. The smallest absolute Gasteiger partial charge is 0.145 e. The highest BCUT2D eigenvalue weighted by Gasteiger charge is 2.14. The number of piperidine rings is 1. The molecule has 0 radical (unpaired) electrons. The number of para-hydroxylation sites is 1. The van der Waals surface area contributed by atoms with E-state index in [1.165, 1.54) is 31.4 Å². The fourth-order valence-corrected chi connectivity index (χ4v) is 3.44. The third-order valence-corrected chi connectivity index (χ3v) is 4.84. The highest BCUT2D eigenvalue weighted by atomic mass is 19.1. The lowest BCUT2D eigenvalue weighted by Crippen LogP contribution is -2.30. The van der Waals surface area contributed by atoms with Crippen LogP contribution in [0.4, 0.5) is 10.2 Å². The van der Waals surface area contributed by atoms with Crippen molar-refractivity contribution < 1.29 is 4.39 Å². The molecule has 0 unspecified atom stereocenters. The topological polar surface area (TPSA) is 41.1 Å². The van der Waals surface area contributed by atoms with E-state index >= 15 is 0 Å². The summed E-state index contributed by atoms with van der Waals surface area (Å²) in [5, 5.41) is 4.42. The van der Waals surface area contributed by atoms with Gasteiger partial charge in [0.2, 0.25) is 0 Å². The molecule has 4 nitrogen and oxygen atoms in total. The molecule has 0 aliphatic carbocycles. The molecule has 0 bridgehead atoms. The van der Waals surface area contributed by atoms with E-state index in [0.717, 1.165) is 47.7 Å². The summed E-state index contributed by atoms with van der Waals surface area (Å²) in [6.07, 6.45) is 3.83. The van der Waals surface area contributed by atoms with Crippen LogP contribution in [0.1, 0.15) is 30.7 Å². The summed E-state index contributed by atoms with van der Waals surface area (Å²) in [6, 6.07) is 14.6. The molecule has 134 valence electrons. The summed E-state index contributed by atoms with van der Waals surface area (Å²) in [7, 11) is 0. The Balaban J connectivity index is 1.57. The molecule has 3 aromatic rings. The average molecular weight is 350 g/mol. The van der Waals surface area contributed by atoms with Crippen LogP contribution in [0.5, 0.6) is 0 Å². The Labute approximate surface area is 153 Å². The van der Waals surface area contributed by atoms with Gasteiger partial charge < -0.3 is 5.32 Å². The first kappa shape index (κ1) is 16.9. The van der Waals surface area contributed by atoms with Crippen LogP contribution in [0, 0.1) is 5.82 Å². The first-order valence-electron chi connectivity index (χ1n) is 9.24. The maximum atomic E-state index is 13.1. The summed E-state index contributed by atoms with van der Waals surface area (Å²) >= 11 is 0. The van der Waals surface area contributed by atoms with Crippen molar-refractivity contribution in [2.24, 2.45) is 0 Å². The van der Waals surface area contributed by atoms with E-state index in [4.69, 9.17) is 9.97 Å². The van der Waals surface area contributed by atoms with Crippen molar-refractivity contribution in [3.8, 4) is 0 Å². The van der Waals surface area contributed by atoms with Crippen molar-refractivity contribution >= 4 is 16.7 Å². The second kappa shape index (κ2) is 7.79. The van der Waals surface area contributed by atoms with Crippen LogP contribution in [0.25, 0.3) is 10.9 Å². The molecule has 1 fully saturated rings. The first-order valence-corrected chi connectivity index (χ1v) is 9.24. The minimum atomic E-state index is -0.218. The van der Waals surface area contributed by atoms with Crippen LogP contribution in [-0.4, -0.2) is 28.0 Å². The van der Waals surface area contributed by atoms with Crippen molar-refractivity contribution in [1.82, 2.24) is 14.9 Å². The fourth-order valence-electron chi connectivity index (χ4n) is 3.44. The van der Waals surface area contributed by atoms with Gasteiger partial charge in [0.15, 0.2) is 0 Å². The van der Waals surface area contributed by atoms with E-state index in [0.29, 0.717) is 6.54 Å². The van der Waals surface area contributed by atoms with E-state index in [1.54, 1.807) is 12.1 Å². The molecule has 26 heavy (non-hydrogen) atoms. The molecular weight excluding hydrogens is 327 g/mol. The van der Waals surface area contributed by atoms with Crippen LogP contribution < -0.4 is 5.32 Å². The maximum absolute atomic E-state index is 13.1. The lowest BCUT2D eigenvalue weighted by Gasteiger charge is -2.25.